The van der Waals surface area contributed by atoms with Crippen LogP contribution in [0.4, 0.5) is 0 Å². The van der Waals surface area contributed by atoms with E-state index in [1.807, 2.05) is 18.2 Å². The van der Waals surface area contributed by atoms with Crippen LogP contribution in [-0.2, 0) is 6.42 Å². The molecule has 0 saturated heterocycles. The van der Waals surface area contributed by atoms with Gasteiger partial charge in [-0.15, -0.1) is 0 Å². The Morgan fingerprint density at radius 2 is 1.11 bits per heavy atom. The Hall–Kier alpha value is -4.96. The number of allylic oxidation sites excluding steroid dienone is 1. The van der Waals surface area contributed by atoms with Gasteiger partial charge >= 0.3 is 0 Å². The van der Waals surface area contributed by atoms with Crippen LogP contribution in [0.3, 0.4) is 0 Å². The second kappa shape index (κ2) is 8.29. The quantitative estimate of drug-likeness (QED) is 0.252. The lowest BCUT2D eigenvalue weighted by molar-refractivity contribution is 0.936. The molecular weight excluding hydrogens is 464 g/mol. The van der Waals surface area contributed by atoms with E-state index in [9.17, 15) is 0 Å². The highest BCUT2D eigenvalue weighted by Crippen LogP contribution is 2.36. The van der Waals surface area contributed by atoms with E-state index in [-0.39, 0.29) is 0 Å². The predicted octanol–water partition coefficient (Wildman–Crippen LogP) is 8.14. The third-order valence-electron chi connectivity index (χ3n) is 7.63. The molecule has 0 fully saturated rings. The van der Waals surface area contributed by atoms with E-state index in [0.29, 0.717) is 5.82 Å². The Bertz CT molecular complexity index is 1970. The van der Waals surface area contributed by atoms with E-state index in [2.05, 4.69) is 112 Å². The van der Waals surface area contributed by atoms with E-state index in [0.717, 1.165) is 41.1 Å². The molecular formula is C34H24N4. The molecule has 7 aromatic rings. The van der Waals surface area contributed by atoms with Gasteiger partial charge in [0.15, 0.2) is 5.82 Å². The van der Waals surface area contributed by atoms with Gasteiger partial charge in [-0.2, -0.15) is 0 Å². The Morgan fingerprint density at radius 3 is 1.79 bits per heavy atom. The van der Waals surface area contributed by atoms with Crippen molar-refractivity contribution in [1.82, 2.24) is 19.1 Å². The summed E-state index contributed by atoms with van der Waals surface area (Å²) >= 11 is 0. The van der Waals surface area contributed by atoms with Gasteiger partial charge in [-0.3, -0.25) is 9.13 Å². The first-order valence-corrected chi connectivity index (χ1v) is 13.1. The Labute approximate surface area is 220 Å². The molecule has 1 aliphatic carbocycles. The zero-order valence-corrected chi connectivity index (χ0v) is 20.8. The van der Waals surface area contributed by atoms with Gasteiger partial charge in [0.05, 0.1) is 22.2 Å². The fraction of sp³-hybridized carbons (Fsp3) is 0.0588. The fourth-order valence-corrected chi connectivity index (χ4v) is 5.97. The summed E-state index contributed by atoms with van der Waals surface area (Å²) < 4.78 is 4.59. The van der Waals surface area contributed by atoms with Gasteiger partial charge in [0.2, 0.25) is 0 Å². The fourth-order valence-electron chi connectivity index (χ4n) is 5.97. The highest BCUT2D eigenvalue weighted by atomic mass is 15.1. The molecule has 0 atom stereocenters. The van der Waals surface area contributed by atoms with Crippen molar-refractivity contribution in [3.63, 3.8) is 0 Å². The zero-order chi connectivity index (χ0) is 25.1. The number of hydrogen-bond donors (Lipinski definition) is 0. The van der Waals surface area contributed by atoms with Crippen LogP contribution in [0.15, 0.2) is 115 Å². The van der Waals surface area contributed by atoms with E-state index in [1.54, 1.807) is 0 Å². The molecule has 3 aromatic heterocycles. The molecule has 4 heteroatoms. The standard InChI is InChI=1S/C34H24N4/c1-2-12-23(13-3-1)34-35-32(37-28-18-8-4-14-24(28)25-15-5-9-19-29(25)37)22-33(36-34)38-30-20-10-6-16-26(30)27-17-7-11-21-31(27)38/h1-6,8-16,18-22H,7,17H2. The van der Waals surface area contributed by atoms with Gasteiger partial charge in [-0.05, 0) is 42.7 Å². The molecule has 38 heavy (non-hydrogen) atoms. The average Bonchev–Trinajstić information content (AvgIpc) is 3.51. The maximum atomic E-state index is 5.18. The maximum absolute atomic E-state index is 5.18. The summed E-state index contributed by atoms with van der Waals surface area (Å²) in [5.41, 5.74) is 7.05. The molecule has 4 nitrogen and oxygen atoms in total. The van der Waals surface area contributed by atoms with E-state index in [1.165, 1.54) is 32.9 Å². The first-order chi connectivity index (χ1) is 18.9. The molecule has 1 aliphatic rings. The summed E-state index contributed by atoms with van der Waals surface area (Å²) in [5, 5.41) is 3.73. The third kappa shape index (κ3) is 3.10. The molecule has 180 valence electrons. The molecule has 8 rings (SSSR count). The summed E-state index contributed by atoms with van der Waals surface area (Å²) in [4.78, 5) is 10.3. The summed E-state index contributed by atoms with van der Waals surface area (Å²) in [6.07, 6.45) is 6.62. The third-order valence-corrected chi connectivity index (χ3v) is 7.63. The second-order valence-electron chi connectivity index (χ2n) is 9.80. The average molecular weight is 489 g/mol. The first-order valence-electron chi connectivity index (χ1n) is 13.1. The lowest BCUT2D eigenvalue weighted by atomic mass is 10.0. The Morgan fingerprint density at radius 1 is 0.553 bits per heavy atom. The van der Waals surface area contributed by atoms with E-state index >= 15 is 0 Å². The number of hydrogen-bond acceptors (Lipinski definition) is 2. The van der Waals surface area contributed by atoms with Crippen molar-refractivity contribution in [2.45, 2.75) is 12.8 Å². The molecule has 0 bridgehead atoms. The number of aryl methyl sites for hydroxylation is 1. The summed E-state index contributed by atoms with van der Waals surface area (Å²) in [5.74, 6) is 2.45. The van der Waals surface area contributed by atoms with Gasteiger partial charge in [0.1, 0.15) is 11.6 Å². The topological polar surface area (TPSA) is 35.6 Å². The highest BCUT2D eigenvalue weighted by Gasteiger charge is 2.21. The lowest BCUT2D eigenvalue weighted by Crippen LogP contribution is -2.08. The van der Waals surface area contributed by atoms with Crippen LogP contribution in [0, 0.1) is 0 Å². The van der Waals surface area contributed by atoms with Crippen molar-refractivity contribution >= 4 is 38.8 Å². The zero-order valence-electron chi connectivity index (χ0n) is 20.8. The molecule has 0 radical (unpaired) electrons. The SMILES string of the molecule is C1=Cc2c(c3ccccc3n2-c2cc(-n3c4ccccc4c4ccccc43)nc(-c3ccccc3)n2)CC1. The normalized spacial score (nSPS) is 12.9. The molecule has 0 spiro atoms. The summed E-state index contributed by atoms with van der Waals surface area (Å²) in [6.45, 7) is 0. The van der Waals surface area contributed by atoms with Crippen LogP contribution in [0.25, 0.3) is 61.8 Å². The van der Waals surface area contributed by atoms with E-state index < -0.39 is 0 Å². The maximum Gasteiger partial charge on any atom is 0.163 e. The van der Waals surface area contributed by atoms with Crippen molar-refractivity contribution in [3.8, 4) is 23.0 Å². The van der Waals surface area contributed by atoms with Crippen LogP contribution in [0.1, 0.15) is 17.7 Å². The number of benzene rings is 4. The summed E-state index contributed by atoms with van der Waals surface area (Å²) in [7, 11) is 0. The Kier molecular flexibility index (Phi) is 4.61. The minimum Gasteiger partial charge on any atom is -0.294 e. The van der Waals surface area contributed by atoms with Crippen LogP contribution < -0.4 is 0 Å². The van der Waals surface area contributed by atoms with Crippen molar-refractivity contribution in [2.24, 2.45) is 0 Å². The smallest absolute Gasteiger partial charge is 0.163 e. The lowest BCUT2D eigenvalue weighted by Gasteiger charge is -2.15. The van der Waals surface area contributed by atoms with Crippen LogP contribution in [0.2, 0.25) is 0 Å². The van der Waals surface area contributed by atoms with Gasteiger partial charge in [-0.25, -0.2) is 9.97 Å². The second-order valence-corrected chi connectivity index (χ2v) is 9.80. The Balaban J connectivity index is 1.49. The predicted molar refractivity (Wildman–Crippen MR) is 156 cm³/mol. The molecule has 3 heterocycles. The van der Waals surface area contributed by atoms with Gasteiger partial charge in [0, 0.05) is 27.8 Å². The number of rotatable bonds is 3. The van der Waals surface area contributed by atoms with E-state index in [4.69, 9.17) is 9.97 Å². The first kappa shape index (κ1) is 21.2. The number of nitrogens with zero attached hydrogens (tertiary/aromatic N) is 4. The van der Waals surface area contributed by atoms with Crippen LogP contribution >= 0.6 is 0 Å². The minimum atomic E-state index is 0.714. The van der Waals surface area contributed by atoms with Gasteiger partial charge < -0.3 is 0 Å². The van der Waals surface area contributed by atoms with Crippen molar-refractivity contribution in [1.29, 1.82) is 0 Å². The molecule has 0 saturated carbocycles. The van der Waals surface area contributed by atoms with Gasteiger partial charge in [0.25, 0.3) is 0 Å². The minimum absolute atomic E-state index is 0.714. The van der Waals surface area contributed by atoms with Crippen molar-refractivity contribution < 1.29 is 0 Å². The molecule has 0 unspecified atom stereocenters. The molecule has 0 aliphatic heterocycles. The highest BCUT2D eigenvalue weighted by molar-refractivity contribution is 6.09. The number of fused-ring (bicyclic) bond motifs is 6. The van der Waals surface area contributed by atoms with Crippen LogP contribution in [-0.4, -0.2) is 19.1 Å². The van der Waals surface area contributed by atoms with Crippen molar-refractivity contribution in [2.75, 3.05) is 0 Å². The number of aromatic nitrogens is 4. The molecule has 4 aromatic carbocycles. The van der Waals surface area contributed by atoms with Crippen LogP contribution in [0.5, 0.6) is 0 Å². The molecule has 0 N–H and O–H groups in total. The largest absolute Gasteiger partial charge is 0.294 e. The summed E-state index contributed by atoms with van der Waals surface area (Å²) in [6, 6.07) is 38.2. The van der Waals surface area contributed by atoms with Crippen molar-refractivity contribution in [3.05, 3.63) is 127 Å². The molecule has 0 amide bonds. The number of para-hydroxylation sites is 3. The monoisotopic (exact) mass is 488 g/mol. The van der Waals surface area contributed by atoms with Gasteiger partial charge in [-0.1, -0.05) is 91.0 Å².